The standard InChI is InChI=1S/C17H18F3NO3/c1-22-13-6-4-11(5-7-13)16(21,17(18,19)20)12-8-14(23-2)10-15(9-12)24-3/h4-10H,21H2,1-3H3. The van der Waals surface area contributed by atoms with Gasteiger partial charge in [0.15, 0.2) is 5.54 Å². The Balaban J connectivity index is 2.68. The predicted molar refractivity (Wildman–Crippen MR) is 83.6 cm³/mol. The van der Waals surface area contributed by atoms with Crippen LogP contribution in [0.4, 0.5) is 13.2 Å². The quantitative estimate of drug-likeness (QED) is 0.905. The lowest BCUT2D eigenvalue weighted by Gasteiger charge is -2.33. The summed E-state index contributed by atoms with van der Waals surface area (Å²) in [6.45, 7) is 0. The second-order valence-corrected chi connectivity index (χ2v) is 5.14. The van der Waals surface area contributed by atoms with Crippen LogP contribution in [0.1, 0.15) is 11.1 Å². The van der Waals surface area contributed by atoms with Crippen molar-refractivity contribution in [1.29, 1.82) is 0 Å². The smallest absolute Gasteiger partial charge is 0.414 e. The minimum absolute atomic E-state index is 0.119. The molecule has 0 saturated carbocycles. The summed E-state index contributed by atoms with van der Waals surface area (Å²) in [4.78, 5) is 0. The molecule has 0 fully saturated rings. The van der Waals surface area contributed by atoms with Crippen LogP contribution >= 0.6 is 0 Å². The van der Waals surface area contributed by atoms with Gasteiger partial charge in [0.05, 0.1) is 21.3 Å². The maximum Gasteiger partial charge on any atom is 0.414 e. The molecule has 0 radical (unpaired) electrons. The van der Waals surface area contributed by atoms with Crippen LogP contribution in [0.5, 0.6) is 17.2 Å². The fourth-order valence-corrected chi connectivity index (χ4v) is 2.38. The normalized spacial score (nSPS) is 14.0. The van der Waals surface area contributed by atoms with Gasteiger partial charge in [-0.1, -0.05) is 12.1 Å². The second kappa shape index (κ2) is 6.60. The van der Waals surface area contributed by atoms with E-state index in [9.17, 15) is 13.2 Å². The van der Waals surface area contributed by atoms with Gasteiger partial charge in [-0.25, -0.2) is 0 Å². The van der Waals surface area contributed by atoms with E-state index < -0.39 is 11.7 Å². The molecular formula is C17H18F3NO3. The average Bonchev–Trinajstić information content (AvgIpc) is 2.59. The molecule has 2 aromatic rings. The van der Waals surface area contributed by atoms with E-state index in [0.29, 0.717) is 5.75 Å². The van der Waals surface area contributed by atoms with Gasteiger partial charge in [-0.3, -0.25) is 0 Å². The van der Waals surface area contributed by atoms with Crippen molar-refractivity contribution in [2.75, 3.05) is 21.3 Å². The molecule has 0 amide bonds. The van der Waals surface area contributed by atoms with Gasteiger partial charge in [0.2, 0.25) is 0 Å². The van der Waals surface area contributed by atoms with Crippen molar-refractivity contribution in [2.24, 2.45) is 5.73 Å². The van der Waals surface area contributed by atoms with Gasteiger partial charge in [0.25, 0.3) is 0 Å². The van der Waals surface area contributed by atoms with Gasteiger partial charge in [-0.05, 0) is 35.4 Å². The van der Waals surface area contributed by atoms with Crippen LogP contribution in [0.3, 0.4) is 0 Å². The molecule has 0 aliphatic carbocycles. The first-order valence-corrected chi connectivity index (χ1v) is 7.00. The van der Waals surface area contributed by atoms with Crippen molar-refractivity contribution in [3.05, 3.63) is 53.6 Å². The van der Waals surface area contributed by atoms with Crippen LogP contribution in [0.15, 0.2) is 42.5 Å². The first-order chi connectivity index (χ1) is 11.3. The second-order valence-electron chi connectivity index (χ2n) is 5.14. The third kappa shape index (κ3) is 3.12. The monoisotopic (exact) mass is 341 g/mol. The molecule has 1 atom stereocenters. The minimum atomic E-state index is -4.74. The van der Waals surface area contributed by atoms with Crippen molar-refractivity contribution in [1.82, 2.24) is 0 Å². The molecule has 0 heterocycles. The molecule has 2 N–H and O–H groups in total. The molecule has 1 unspecified atom stereocenters. The summed E-state index contributed by atoms with van der Waals surface area (Å²) >= 11 is 0. The Morgan fingerprint density at radius 2 is 1.17 bits per heavy atom. The van der Waals surface area contributed by atoms with Crippen LogP contribution in [-0.2, 0) is 5.54 Å². The van der Waals surface area contributed by atoms with Crippen LogP contribution in [0.25, 0.3) is 0 Å². The molecule has 7 heteroatoms. The van der Waals surface area contributed by atoms with Gasteiger partial charge < -0.3 is 19.9 Å². The van der Waals surface area contributed by atoms with Crippen molar-refractivity contribution >= 4 is 0 Å². The summed E-state index contributed by atoms with van der Waals surface area (Å²) in [6.07, 6.45) is -4.74. The predicted octanol–water partition coefficient (Wildman–Crippen LogP) is 3.48. The van der Waals surface area contributed by atoms with E-state index in [1.807, 2.05) is 0 Å². The zero-order valence-corrected chi connectivity index (χ0v) is 13.5. The fraction of sp³-hybridized carbons (Fsp3) is 0.294. The highest BCUT2D eigenvalue weighted by molar-refractivity contribution is 5.48. The Morgan fingerprint density at radius 3 is 1.54 bits per heavy atom. The summed E-state index contributed by atoms with van der Waals surface area (Å²) in [7, 11) is 4.15. The summed E-state index contributed by atoms with van der Waals surface area (Å²) in [5.74, 6) is 0.875. The number of methoxy groups -OCH3 is 3. The highest BCUT2D eigenvalue weighted by atomic mass is 19.4. The molecule has 0 bridgehead atoms. The summed E-state index contributed by atoms with van der Waals surface area (Å²) in [5, 5.41) is 0. The van der Waals surface area contributed by atoms with Gasteiger partial charge >= 0.3 is 6.18 Å². The third-order valence-electron chi connectivity index (χ3n) is 3.80. The fourth-order valence-electron chi connectivity index (χ4n) is 2.38. The molecule has 130 valence electrons. The zero-order chi connectivity index (χ0) is 18.0. The molecule has 0 saturated heterocycles. The van der Waals surface area contributed by atoms with E-state index >= 15 is 0 Å². The molecule has 2 aromatic carbocycles. The maximum absolute atomic E-state index is 13.9. The molecule has 0 aliphatic heterocycles. The minimum Gasteiger partial charge on any atom is -0.497 e. The third-order valence-corrected chi connectivity index (χ3v) is 3.80. The average molecular weight is 341 g/mol. The number of rotatable bonds is 5. The van der Waals surface area contributed by atoms with Crippen molar-refractivity contribution in [2.45, 2.75) is 11.7 Å². The molecule has 0 aliphatic rings. The number of hydrogen-bond donors (Lipinski definition) is 1. The number of benzene rings is 2. The SMILES string of the molecule is COc1ccc(C(N)(c2cc(OC)cc(OC)c2)C(F)(F)F)cc1. The van der Waals surface area contributed by atoms with Crippen molar-refractivity contribution < 1.29 is 27.4 Å². The number of ether oxygens (including phenoxy) is 3. The Kier molecular flexibility index (Phi) is 4.94. The number of nitrogens with two attached hydrogens (primary N) is 1. The van der Waals surface area contributed by atoms with Crippen LogP contribution in [0, 0.1) is 0 Å². The zero-order valence-electron chi connectivity index (χ0n) is 13.5. The first kappa shape index (κ1) is 17.9. The first-order valence-electron chi connectivity index (χ1n) is 7.00. The number of hydrogen-bond acceptors (Lipinski definition) is 4. The largest absolute Gasteiger partial charge is 0.497 e. The van der Waals surface area contributed by atoms with E-state index in [0.717, 1.165) is 0 Å². The summed E-state index contributed by atoms with van der Waals surface area (Å²) < 4.78 is 56.8. The van der Waals surface area contributed by atoms with Crippen LogP contribution < -0.4 is 19.9 Å². The van der Waals surface area contributed by atoms with Gasteiger partial charge in [-0.15, -0.1) is 0 Å². The van der Waals surface area contributed by atoms with Crippen molar-refractivity contribution in [3.8, 4) is 17.2 Å². The summed E-state index contributed by atoms with van der Waals surface area (Å²) in [6, 6.07) is 9.42. The van der Waals surface area contributed by atoms with Crippen LogP contribution in [0.2, 0.25) is 0 Å². The van der Waals surface area contributed by atoms with E-state index in [1.54, 1.807) is 0 Å². The summed E-state index contributed by atoms with van der Waals surface area (Å²) in [5.41, 5.74) is 2.86. The Bertz CT molecular complexity index is 679. The lowest BCUT2D eigenvalue weighted by Crippen LogP contribution is -2.51. The molecule has 2 rings (SSSR count). The van der Waals surface area contributed by atoms with E-state index in [4.69, 9.17) is 19.9 Å². The number of halogens is 3. The Morgan fingerprint density at radius 1 is 0.708 bits per heavy atom. The molecular weight excluding hydrogens is 323 g/mol. The van der Waals surface area contributed by atoms with E-state index in [-0.39, 0.29) is 22.6 Å². The van der Waals surface area contributed by atoms with Crippen molar-refractivity contribution in [3.63, 3.8) is 0 Å². The van der Waals surface area contributed by atoms with E-state index in [1.165, 1.54) is 63.8 Å². The van der Waals surface area contributed by atoms with Gasteiger partial charge in [0, 0.05) is 6.07 Å². The Hall–Kier alpha value is -2.41. The van der Waals surface area contributed by atoms with Gasteiger partial charge in [0.1, 0.15) is 17.2 Å². The highest BCUT2D eigenvalue weighted by Gasteiger charge is 2.54. The number of alkyl halides is 3. The molecule has 0 spiro atoms. The topological polar surface area (TPSA) is 53.7 Å². The molecule has 4 nitrogen and oxygen atoms in total. The molecule has 24 heavy (non-hydrogen) atoms. The van der Waals surface area contributed by atoms with Crippen LogP contribution in [-0.4, -0.2) is 27.5 Å². The highest BCUT2D eigenvalue weighted by Crippen LogP contribution is 2.44. The van der Waals surface area contributed by atoms with E-state index in [2.05, 4.69) is 0 Å². The Labute approximate surface area is 137 Å². The lowest BCUT2D eigenvalue weighted by molar-refractivity contribution is -0.176. The maximum atomic E-state index is 13.9. The van der Waals surface area contributed by atoms with Gasteiger partial charge in [-0.2, -0.15) is 13.2 Å². The molecule has 0 aromatic heterocycles. The lowest BCUT2D eigenvalue weighted by atomic mass is 9.82.